The summed E-state index contributed by atoms with van der Waals surface area (Å²) in [6.45, 7) is 9.51. The summed E-state index contributed by atoms with van der Waals surface area (Å²) >= 11 is 0. The maximum Gasteiger partial charge on any atom is 0.309 e. The molecule has 720 valence electrons. The molecule has 50 heteroatoms. The highest BCUT2D eigenvalue weighted by Crippen LogP contribution is 2.52. The number of fused-ring (bicyclic) bond motifs is 16. The molecule has 4 aliphatic heterocycles. The van der Waals surface area contributed by atoms with Crippen molar-refractivity contribution in [3.63, 3.8) is 0 Å². The van der Waals surface area contributed by atoms with Crippen molar-refractivity contribution < 1.29 is 62.2 Å². The zero-order chi connectivity index (χ0) is 96.5. The molecular formula is C87H104N32O14S4. The number of hydrogen-bond acceptors (Lipinski definition) is 38. The van der Waals surface area contributed by atoms with Gasteiger partial charge < -0.3 is 40.2 Å². The van der Waals surface area contributed by atoms with E-state index in [-0.39, 0.29) is 37.2 Å². The maximum absolute atomic E-state index is 12.0. The largest absolute Gasteiger partial charge is 0.481 e. The number of carbonyl (C=O) groups excluding carboxylic acids is 2. The van der Waals surface area contributed by atoms with Crippen LogP contribution in [0.3, 0.4) is 0 Å². The van der Waals surface area contributed by atoms with Crippen molar-refractivity contribution in [2.75, 3.05) is 69.1 Å². The molecular weight excluding hydrogens is 1850 g/mol. The fourth-order valence-electron chi connectivity index (χ4n) is 19.5. The summed E-state index contributed by atoms with van der Waals surface area (Å²) in [5, 5.41) is 62.3. The Bertz CT molecular complexity index is 7110. The topological polar surface area (TPSA) is 597 Å². The second-order valence-electron chi connectivity index (χ2n) is 35.3. The minimum Gasteiger partial charge on any atom is -0.481 e. The lowest BCUT2D eigenvalue weighted by atomic mass is 9.80. The monoisotopic (exact) mass is 1950 g/mol. The van der Waals surface area contributed by atoms with Gasteiger partial charge in [0.2, 0.25) is 47.4 Å². The Morgan fingerprint density at radius 1 is 0.394 bits per heavy atom. The summed E-state index contributed by atoms with van der Waals surface area (Å²) < 4.78 is 124. The van der Waals surface area contributed by atoms with Gasteiger partial charge in [0.05, 0.1) is 67.8 Å². The number of sulfonamides is 4. The Kier molecular flexibility index (Phi) is 25.2. The highest BCUT2D eigenvalue weighted by Gasteiger charge is 2.53. The van der Waals surface area contributed by atoms with E-state index >= 15 is 0 Å². The van der Waals surface area contributed by atoms with Crippen molar-refractivity contribution in [1.82, 2.24) is 78.1 Å². The van der Waals surface area contributed by atoms with Gasteiger partial charge >= 0.3 is 11.9 Å². The van der Waals surface area contributed by atoms with Crippen LogP contribution >= 0.6 is 0 Å². The summed E-state index contributed by atoms with van der Waals surface area (Å²) in [5.74, 6) is 6.51. The predicted octanol–water partition coefficient (Wildman–Crippen LogP) is 10.7. The molecule has 5 fully saturated rings. The van der Waals surface area contributed by atoms with Gasteiger partial charge in [-0.15, -0.1) is 20.4 Å². The van der Waals surface area contributed by atoms with E-state index in [1.165, 1.54) is 81.8 Å². The normalized spacial score (nSPS) is 18.0. The number of nitrogens with one attached hydrogen (secondary N) is 4. The van der Waals surface area contributed by atoms with Crippen molar-refractivity contribution in [1.29, 1.82) is 0 Å². The van der Waals surface area contributed by atoms with Gasteiger partial charge in [-0.3, -0.25) is 27.9 Å². The molecule has 46 nitrogen and oxygen atoms in total. The molecule has 4 spiro atoms. The van der Waals surface area contributed by atoms with Crippen LogP contribution in [0.25, 0.3) is 44.1 Å². The van der Waals surface area contributed by atoms with Crippen LogP contribution in [0.2, 0.25) is 0 Å². The Morgan fingerprint density at radius 2 is 0.693 bits per heavy atom. The molecule has 0 saturated heterocycles. The predicted molar refractivity (Wildman–Crippen MR) is 512 cm³/mol. The molecule has 12 aromatic rings. The minimum atomic E-state index is -3.89. The first kappa shape index (κ1) is 93.7. The molecule has 12 aromatic heterocycles. The second-order valence-corrected chi connectivity index (χ2v) is 41.3. The summed E-state index contributed by atoms with van der Waals surface area (Å²) in [5.41, 5.74) is 3.11. The molecule has 16 heterocycles. The standard InChI is InChI=1S/C22H26N8O4S.C22H26N8O3S.C22H28N8O3S.C21H24N8O4S/c1-3-29-18-11-15-12-25-21(26-16-7-8-17(24-13-16)35(23,32)33)27-19(15)30(18)22(9-5-4-6-10-22)20(28-29)34-14(2)31;1-33-20-22(9-3-2-4-10-22)29-18(30(28-20)16-6-7-16)11-14-12-25-21(27-19(14)29)26-15-5-8-17(24-13-15)34(23,31)32;1-14(2)30-18-11-15-12-25-21(26-16-7-8-17(24-13-16)34(23,31)32)27-19(15)29(18)22(20(28-30)33-3)9-5-4-6-10-22;1-13(30)33-19-21(8-4-3-5-9-21)29-17(28(2)27-19)10-14-11-24-20(26-18(14)29)25-15-6-7-16(23-12-15)34(22,31)32/h7-8,11-13H,3-6,9-10H2,1-2H3,(H2,23,32,33)(H,25,26,27);5,8,11-13,16H,2-4,6-7,9-10H2,1H3,(H2,23,31,32)(H,25,26,27);7-8,11-14H,4-6,9-10H2,1-3H3,(H2,23,31,32)(H,25,26,27);6-7,10-12H,3-5,8-9H2,1-2H3,(H2,22,31,32)(H,24,25,26). The van der Waals surface area contributed by atoms with Gasteiger partial charge in [-0.2, -0.15) is 19.9 Å². The average molecular weight is 1950 g/mol. The zero-order valence-corrected chi connectivity index (χ0v) is 79.6. The van der Waals surface area contributed by atoms with Crippen LogP contribution in [0.15, 0.2) is 163 Å². The van der Waals surface area contributed by atoms with E-state index in [4.69, 9.17) is 74.7 Å². The van der Waals surface area contributed by atoms with Crippen LogP contribution in [0.4, 0.5) is 69.8 Å². The van der Waals surface area contributed by atoms with Gasteiger partial charge in [0, 0.05) is 79.8 Å². The van der Waals surface area contributed by atoms with Crippen molar-refractivity contribution in [3.05, 3.63) is 122 Å². The molecule has 5 aliphatic carbocycles. The van der Waals surface area contributed by atoms with Crippen LogP contribution in [0, 0.1) is 0 Å². The van der Waals surface area contributed by atoms with Crippen LogP contribution in [-0.2, 0) is 90.8 Å². The minimum absolute atomic E-state index is 0.128. The summed E-state index contributed by atoms with van der Waals surface area (Å²) in [6.07, 6.45) is 34.4. The van der Waals surface area contributed by atoms with Gasteiger partial charge in [0.15, 0.2) is 20.1 Å². The van der Waals surface area contributed by atoms with Gasteiger partial charge in [-0.05, 0) is 158 Å². The number of rotatable bonds is 15. The number of nitrogens with two attached hydrogens (primary N) is 4. The number of pyridine rings is 4. The van der Waals surface area contributed by atoms with Gasteiger partial charge in [0.1, 0.15) is 68.0 Å². The first-order valence-electron chi connectivity index (χ1n) is 45.0. The van der Waals surface area contributed by atoms with Gasteiger partial charge in [-0.1, -0.05) is 77.0 Å². The Labute approximate surface area is 787 Å². The molecule has 0 unspecified atom stereocenters. The van der Waals surface area contributed by atoms with Crippen LogP contribution in [0.5, 0.6) is 0 Å². The molecule has 21 rings (SSSR count). The Morgan fingerprint density at radius 3 is 1.00 bits per heavy atom. The maximum atomic E-state index is 12.0. The molecule has 0 aromatic carbocycles. The molecule has 137 heavy (non-hydrogen) atoms. The quantitative estimate of drug-likeness (QED) is 0.0442. The second kappa shape index (κ2) is 36.8. The molecule has 5 saturated carbocycles. The smallest absolute Gasteiger partial charge is 0.309 e. The molecule has 12 N–H and O–H groups in total. The number of hydrazone groups is 4. The SMILES string of the molecule is CC(=O)OC1=NN(C)c2cc3cnc(Nc4ccc(S(N)(=O)=O)nc4)nc3n2C12CCCCC2.CCN1N=C(OC(C)=O)C2(CCCCC2)n2c1cc1cnc(Nc3ccc(S(N)(=O)=O)nc3)nc12.COC1=NN(C(C)C)c2cc3cnc(Nc4ccc(S(N)(=O)=O)nc4)nc3n2C12CCCCC2.COC1=NN(C2CC2)c2cc3cnc(Nc4ccc(S(N)(=O)=O)nc4)nc3n2C12CCCCC2. The number of nitrogens with zero attached hydrogens (tertiary/aromatic N) is 24. The number of ether oxygens (including phenoxy) is 4. The van der Waals surface area contributed by atoms with Crippen molar-refractivity contribution in [2.24, 2.45) is 41.0 Å². The number of primary sulfonamides is 4. The summed E-state index contributed by atoms with van der Waals surface area (Å²) in [6, 6.07) is 20.2. The zero-order valence-electron chi connectivity index (χ0n) is 76.4. The van der Waals surface area contributed by atoms with Crippen LogP contribution in [-0.4, -0.2) is 187 Å². The van der Waals surface area contributed by atoms with Crippen molar-refractivity contribution in [2.45, 2.75) is 230 Å². The summed E-state index contributed by atoms with van der Waals surface area (Å²) in [4.78, 5) is 76.5. The lowest BCUT2D eigenvalue weighted by Crippen LogP contribution is -2.50. The van der Waals surface area contributed by atoms with E-state index in [1.54, 1.807) is 69.3 Å². The van der Waals surface area contributed by atoms with E-state index in [9.17, 15) is 43.3 Å². The Hall–Kier alpha value is -13.7. The third-order valence-corrected chi connectivity index (χ3v) is 29.0. The van der Waals surface area contributed by atoms with Crippen molar-refractivity contribution >= 4 is 190 Å². The molecule has 0 amide bonds. The molecule has 0 radical (unpaired) electrons. The first-order valence-corrected chi connectivity index (χ1v) is 51.2. The Balaban J connectivity index is 0.000000121. The first-order chi connectivity index (χ1) is 65.5. The van der Waals surface area contributed by atoms with E-state index in [1.807, 2.05) is 29.1 Å². The number of methoxy groups -OCH3 is 2. The van der Waals surface area contributed by atoms with Gasteiger partial charge in [0.25, 0.3) is 40.1 Å². The number of hydrogen-bond donors (Lipinski definition) is 8. The third-order valence-electron chi connectivity index (χ3n) is 25.7. The number of carbonyl (C=O) groups is 2. The fraction of sp³-hybridized carbons (Fsp3) is 0.425. The van der Waals surface area contributed by atoms with E-state index in [0.717, 1.165) is 190 Å². The molecule has 0 bridgehead atoms. The lowest BCUT2D eigenvalue weighted by molar-refractivity contribution is -0.134. The molecule has 0 atom stereocenters. The third kappa shape index (κ3) is 18.3. The lowest BCUT2D eigenvalue weighted by Gasteiger charge is -2.44. The fourth-order valence-corrected chi connectivity index (χ4v) is 21.3. The van der Waals surface area contributed by atoms with Crippen LogP contribution in [0.1, 0.15) is 176 Å². The van der Waals surface area contributed by atoms with Crippen LogP contribution < -0.4 is 61.9 Å². The van der Waals surface area contributed by atoms with Gasteiger partial charge in [-0.25, -0.2) is 114 Å². The highest BCUT2D eigenvalue weighted by molar-refractivity contribution is 7.89. The van der Waals surface area contributed by atoms with E-state index in [2.05, 4.69) is 115 Å². The summed E-state index contributed by atoms with van der Waals surface area (Å²) in [7, 11) is -10.3. The van der Waals surface area contributed by atoms with E-state index in [0.29, 0.717) is 88.1 Å². The van der Waals surface area contributed by atoms with Crippen molar-refractivity contribution in [3.8, 4) is 0 Å². The number of esters is 2. The number of aromatic nitrogens is 16. The highest BCUT2D eigenvalue weighted by atomic mass is 32.2. The number of anilines is 12. The van der Waals surface area contributed by atoms with E-state index < -0.39 is 63.1 Å². The average Bonchev–Trinajstić information content (AvgIpc) is 1.57. The molecule has 9 aliphatic rings.